The predicted molar refractivity (Wildman–Crippen MR) is 90.2 cm³/mol. The molecule has 2 heterocycles. The number of ether oxygens (including phenoxy) is 1. The number of rotatable bonds is 5. The van der Waals surface area contributed by atoms with E-state index in [2.05, 4.69) is 19.9 Å². The molecule has 7 nitrogen and oxygen atoms in total. The van der Waals surface area contributed by atoms with Crippen molar-refractivity contribution in [3.63, 3.8) is 0 Å². The summed E-state index contributed by atoms with van der Waals surface area (Å²) in [6, 6.07) is 9.50. The SMILES string of the molecule is Cc1ccc(-c2c(N)nc(-c3ncccn3)nc2OCCO)cc1. The Morgan fingerprint density at radius 3 is 2.42 bits per heavy atom. The van der Waals surface area contributed by atoms with E-state index in [-0.39, 0.29) is 24.9 Å². The Balaban J connectivity index is 2.12. The van der Waals surface area contributed by atoms with Gasteiger partial charge < -0.3 is 15.6 Å². The number of nitrogens with two attached hydrogens (primary N) is 1. The number of aliphatic hydroxyl groups excluding tert-OH is 1. The summed E-state index contributed by atoms with van der Waals surface area (Å²) in [5.41, 5.74) is 8.71. The first-order valence-electron chi connectivity index (χ1n) is 7.44. The van der Waals surface area contributed by atoms with Crippen molar-refractivity contribution < 1.29 is 9.84 Å². The van der Waals surface area contributed by atoms with Gasteiger partial charge >= 0.3 is 0 Å². The van der Waals surface area contributed by atoms with Crippen molar-refractivity contribution in [2.24, 2.45) is 0 Å². The molecule has 3 aromatic rings. The maximum atomic E-state index is 9.06. The summed E-state index contributed by atoms with van der Waals surface area (Å²) in [5.74, 6) is 1.19. The van der Waals surface area contributed by atoms with Gasteiger partial charge in [0.25, 0.3) is 0 Å². The summed E-state index contributed by atoms with van der Waals surface area (Å²) in [5, 5.41) is 9.06. The molecule has 0 saturated heterocycles. The van der Waals surface area contributed by atoms with Crippen molar-refractivity contribution in [3.05, 3.63) is 48.3 Å². The van der Waals surface area contributed by atoms with Crippen molar-refractivity contribution >= 4 is 5.82 Å². The predicted octanol–water partition coefficient (Wildman–Crippen LogP) is 1.86. The van der Waals surface area contributed by atoms with Gasteiger partial charge in [-0.3, -0.25) is 0 Å². The van der Waals surface area contributed by atoms with Gasteiger partial charge in [0, 0.05) is 12.4 Å². The molecule has 0 atom stereocenters. The first-order chi connectivity index (χ1) is 11.7. The molecule has 2 aromatic heterocycles. The average molecular weight is 323 g/mol. The normalized spacial score (nSPS) is 10.6. The Labute approximate surface area is 139 Å². The van der Waals surface area contributed by atoms with Crippen LogP contribution in [0.4, 0.5) is 5.82 Å². The maximum Gasteiger partial charge on any atom is 0.227 e. The Kier molecular flexibility index (Phi) is 4.62. The summed E-state index contributed by atoms with van der Waals surface area (Å²) in [4.78, 5) is 17.0. The van der Waals surface area contributed by atoms with E-state index in [0.717, 1.165) is 11.1 Å². The molecule has 0 amide bonds. The van der Waals surface area contributed by atoms with Crippen LogP contribution in [-0.4, -0.2) is 38.3 Å². The molecule has 7 heteroatoms. The molecule has 0 radical (unpaired) electrons. The highest BCUT2D eigenvalue weighted by Crippen LogP contribution is 2.34. The van der Waals surface area contributed by atoms with Crippen LogP contribution in [0, 0.1) is 6.92 Å². The fourth-order valence-electron chi connectivity index (χ4n) is 2.21. The number of nitrogens with zero attached hydrogens (tertiary/aromatic N) is 4. The number of hydrogen-bond acceptors (Lipinski definition) is 7. The highest BCUT2D eigenvalue weighted by atomic mass is 16.5. The lowest BCUT2D eigenvalue weighted by molar-refractivity contribution is 0.197. The van der Waals surface area contributed by atoms with Crippen LogP contribution in [0.2, 0.25) is 0 Å². The van der Waals surface area contributed by atoms with Crippen LogP contribution in [0.5, 0.6) is 5.88 Å². The fourth-order valence-corrected chi connectivity index (χ4v) is 2.21. The van der Waals surface area contributed by atoms with E-state index < -0.39 is 0 Å². The Bertz CT molecular complexity index is 822. The molecule has 0 aliphatic carbocycles. The van der Waals surface area contributed by atoms with Gasteiger partial charge in [-0.15, -0.1) is 0 Å². The Morgan fingerprint density at radius 1 is 1.04 bits per heavy atom. The molecule has 0 spiro atoms. The zero-order chi connectivity index (χ0) is 16.9. The van der Waals surface area contributed by atoms with Crippen LogP contribution in [0.3, 0.4) is 0 Å². The number of aliphatic hydroxyl groups is 1. The van der Waals surface area contributed by atoms with E-state index >= 15 is 0 Å². The van der Waals surface area contributed by atoms with Crippen LogP contribution < -0.4 is 10.5 Å². The van der Waals surface area contributed by atoms with Crippen LogP contribution in [0.25, 0.3) is 22.8 Å². The molecule has 0 unspecified atom stereocenters. The Hall–Kier alpha value is -3.06. The van der Waals surface area contributed by atoms with Crippen molar-refractivity contribution in [1.29, 1.82) is 0 Å². The largest absolute Gasteiger partial charge is 0.475 e. The number of aryl methyl sites for hydroxylation is 1. The zero-order valence-corrected chi connectivity index (χ0v) is 13.2. The molecular formula is C17H17N5O2. The second-order valence-electron chi connectivity index (χ2n) is 5.12. The van der Waals surface area contributed by atoms with Crippen molar-refractivity contribution in [1.82, 2.24) is 19.9 Å². The minimum absolute atomic E-state index is 0.102. The summed E-state index contributed by atoms with van der Waals surface area (Å²) in [7, 11) is 0. The lowest BCUT2D eigenvalue weighted by Gasteiger charge is -2.13. The summed E-state index contributed by atoms with van der Waals surface area (Å²) in [6.45, 7) is 1.97. The number of anilines is 1. The highest BCUT2D eigenvalue weighted by molar-refractivity contribution is 5.79. The van der Waals surface area contributed by atoms with E-state index in [9.17, 15) is 0 Å². The van der Waals surface area contributed by atoms with Gasteiger partial charge in [-0.1, -0.05) is 29.8 Å². The van der Waals surface area contributed by atoms with Crippen molar-refractivity contribution in [2.45, 2.75) is 6.92 Å². The van der Waals surface area contributed by atoms with Gasteiger partial charge in [0.15, 0.2) is 5.82 Å². The zero-order valence-electron chi connectivity index (χ0n) is 13.2. The molecule has 0 fully saturated rings. The van der Waals surface area contributed by atoms with Gasteiger partial charge in [-0.25, -0.2) is 15.0 Å². The summed E-state index contributed by atoms with van der Waals surface area (Å²) < 4.78 is 5.58. The van der Waals surface area contributed by atoms with Gasteiger partial charge in [-0.2, -0.15) is 4.98 Å². The van der Waals surface area contributed by atoms with E-state index in [0.29, 0.717) is 17.3 Å². The van der Waals surface area contributed by atoms with Crippen LogP contribution >= 0.6 is 0 Å². The third-order valence-electron chi connectivity index (χ3n) is 3.34. The number of benzene rings is 1. The van der Waals surface area contributed by atoms with E-state index in [1.54, 1.807) is 18.5 Å². The Morgan fingerprint density at radius 2 is 1.75 bits per heavy atom. The molecular weight excluding hydrogens is 306 g/mol. The third kappa shape index (κ3) is 3.31. The lowest BCUT2D eigenvalue weighted by atomic mass is 10.1. The van der Waals surface area contributed by atoms with Gasteiger partial charge in [0.1, 0.15) is 12.4 Å². The van der Waals surface area contributed by atoms with E-state index in [1.165, 1.54) is 0 Å². The highest BCUT2D eigenvalue weighted by Gasteiger charge is 2.17. The van der Waals surface area contributed by atoms with Crippen LogP contribution in [-0.2, 0) is 0 Å². The van der Waals surface area contributed by atoms with Crippen molar-refractivity contribution in [3.8, 4) is 28.7 Å². The molecule has 0 aliphatic heterocycles. The first kappa shape index (κ1) is 15.8. The fraction of sp³-hybridized carbons (Fsp3) is 0.176. The first-order valence-corrected chi connectivity index (χ1v) is 7.44. The van der Waals surface area contributed by atoms with E-state index in [1.807, 2.05) is 31.2 Å². The quantitative estimate of drug-likeness (QED) is 0.738. The molecule has 24 heavy (non-hydrogen) atoms. The topological polar surface area (TPSA) is 107 Å². The number of aromatic nitrogens is 4. The monoisotopic (exact) mass is 323 g/mol. The number of nitrogen functional groups attached to an aromatic ring is 1. The molecule has 0 aliphatic rings. The van der Waals surface area contributed by atoms with Gasteiger partial charge in [-0.05, 0) is 18.6 Å². The minimum Gasteiger partial charge on any atom is -0.475 e. The maximum absolute atomic E-state index is 9.06. The van der Waals surface area contributed by atoms with Gasteiger partial charge in [0.2, 0.25) is 11.7 Å². The molecule has 3 rings (SSSR count). The smallest absolute Gasteiger partial charge is 0.227 e. The average Bonchev–Trinajstić information content (AvgIpc) is 2.61. The van der Waals surface area contributed by atoms with Crippen LogP contribution in [0.1, 0.15) is 5.56 Å². The third-order valence-corrected chi connectivity index (χ3v) is 3.34. The summed E-state index contributed by atoms with van der Waals surface area (Å²) >= 11 is 0. The molecule has 1 aromatic carbocycles. The lowest BCUT2D eigenvalue weighted by Crippen LogP contribution is -2.09. The molecule has 0 bridgehead atoms. The van der Waals surface area contributed by atoms with Crippen molar-refractivity contribution in [2.75, 3.05) is 18.9 Å². The minimum atomic E-state index is -0.131. The second-order valence-corrected chi connectivity index (χ2v) is 5.12. The van der Waals surface area contributed by atoms with E-state index in [4.69, 9.17) is 15.6 Å². The van der Waals surface area contributed by atoms with Gasteiger partial charge in [0.05, 0.1) is 12.2 Å². The van der Waals surface area contributed by atoms with Crippen LogP contribution in [0.15, 0.2) is 42.7 Å². The molecule has 0 saturated carbocycles. The standard InChI is InChI=1S/C17H17N5O2/c1-11-3-5-12(6-4-11)13-14(18)21-16(15-19-7-2-8-20-15)22-17(13)24-10-9-23/h2-8,23H,9-10H2,1H3,(H2,18,21,22). The molecule has 3 N–H and O–H groups in total. The number of hydrogen-bond donors (Lipinski definition) is 2. The second kappa shape index (κ2) is 7.01. The summed E-state index contributed by atoms with van der Waals surface area (Å²) in [6.07, 6.45) is 3.20. The molecule has 122 valence electrons.